The largest absolute Gasteiger partial charge is 0.472 e. The van der Waals surface area contributed by atoms with E-state index in [2.05, 4.69) is 68.5 Å². The molecule has 0 saturated heterocycles. The number of esters is 2. The summed E-state index contributed by atoms with van der Waals surface area (Å²) in [6.07, 6.45) is 47.5. The predicted octanol–water partition coefficient (Wildman–Crippen LogP) is 11.7. The Kier molecular flexibility index (Phi) is 39.7. The summed E-state index contributed by atoms with van der Waals surface area (Å²) in [5, 5.41) is 19.1. The Bertz CT molecular complexity index is 1180. The molecule has 328 valence electrons. The average Bonchev–Trinajstić information content (AvgIpc) is 3.20. The molecule has 0 radical (unpaired) electrons. The molecule has 0 aromatic rings. The van der Waals surface area contributed by atoms with Crippen LogP contribution in [0.15, 0.2) is 72.9 Å². The molecule has 0 bridgehead atoms. The zero-order chi connectivity index (χ0) is 41.9. The standard InChI is InChI=1S/C46H79O10P/c1-3-5-7-9-11-13-15-17-18-19-20-21-22-23-24-26-28-30-32-34-36-38-46(50)56-44(40-48)42-54-57(51,52)53-41-43(39-47)55-45(49)37-35-33-31-29-27-25-16-14-12-10-8-6-4-2/h6,8,12,14-15,17,19-20,25,27,31,33,43-44,47-48H,3-5,7,9-11,13,16,18,21-24,26,28-30,32,34-42H2,1-2H3,(H,51,52)/b8-6-,14-12-,17-15-,20-19-,27-25-,33-31-. The molecule has 3 atom stereocenters. The molecule has 3 N–H and O–H groups in total. The Hall–Kier alpha value is -2.59. The van der Waals surface area contributed by atoms with Gasteiger partial charge in [-0.05, 0) is 70.6 Å². The molecular weight excluding hydrogens is 743 g/mol. The molecule has 0 saturated carbocycles. The quantitative estimate of drug-likeness (QED) is 0.0236. The van der Waals surface area contributed by atoms with Crippen LogP contribution in [0.5, 0.6) is 0 Å². The topological polar surface area (TPSA) is 149 Å². The Morgan fingerprint density at radius 2 is 0.860 bits per heavy atom. The van der Waals surface area contributed by atoms with Crippen LogP contribution in [0.25, 0.3) is 0 Å². The van der Waals surface area contributed by atoms with Crippen molar-refractivity contribution < 1.29 is 47.8 Å². The Labute approximate surface area is 346 Å². The SMILES string of the molecule is CC/C=C\C/C=C\C/C=C\C/C=C\CCC(=O)OC(CO)COP(=O)(O)OCC(CO)OC(=O)CCCCCCCCCCC/C=C\C/C=C\CCCCCCC. The highest BCUT2D eigenvalue weighted by atomic mass is 31.2. The summed E-state index contributed by atoms with van der Waals surface area (Å²) in [5.74, 6) is -1.11. The normalized spacial score (nSPS) is 14.5. The number of ether oxygens (including phenoxy) is 2. The first-order valence-electron chi connectivity index (χ1n) is 21.9. The van der Waals surface area contributed by atoms with Gasteiger partial charge in [-0.3, -0.25) is 18.6 Å². The highest BCUT2D eigenvalue weighted by molar-refractivity contribution is 7.47. The lowest BCUT2D eigenvalue weighted by Gasteiger charge is -2.20. The molecule has 0 amide bonds. The second-order valence-electron chi connectivity index (χ2n) is 14.3. The summed E-state index contributed by atoms with van der Waals surface area (Å²) < 4.78 is 32.5. The van der Waals surface area contributed by atoms with Crippen LogP contribution in [0.3, 0.4) is 0 Å². The third-order valence-corrected chi connectivity index (χ3v) is 9.87. The van der Waals surface area contributed by atoms with Gasteiger partial charge in [0.15, 0.2) is 0 Å². The monoisotopic (exact) mass is 823 g/mol. The fourth-order valence-electron chi connectivity index (χ4n) is 5.57. The van der Waals surface area contributed by atoms with Crippen molar-refractivity contribution in [1.82, 2.24) is 0 Å². The Balaban J connectivity index is 3.97. The number of aliphatic hydroxyl groups is 2. The minimum absolute atomic E-state index is 0.0676. The van der Waals surface area contributed by atoms with Gasteiger partial charge in [0.05, 0.1) is 26.4 Å². The van der Waals surface area contributed by atoms with Crippen molar-refractivity contribution in [3.05, 3.63) is 72.9 Å². The highest BCUT2D eigenvalue weighted by Crippen LogP contribution is 2.43. The van der Waals surface area contributed by atoms with Crippen molar-refractivity contribution in [2.45, 2.75) is 180 Å². The molecule has 0 aliphatic carbocycles. The Morgan fingerprint density at radius 3 is 1.30 bits per heavy atom. The first kappa shape index (κ1) is 54.4. The van der Waals surface area contributed by atoms with E-state index >= 15 is 0 Å². The van der Waals surface area contributed by atoms with Crippen molar-refractivity contribution in [2.75, 3.05) is 26.4 Å². The molecule has 0 aliphatic rings. The van der Waals surface area contributed by atoms with Crippen LogP contribution in [-0.4, -0.2) is 65.7 Å². The summed E-state index contributed by atoms with van der Waals surface area (Å²) in [6, 6.07) is 0. The van der Waals surface area contributed by atoms with Crippen LogP contribution in [0.4, 0.5) is 0 Å². The van der Waals surface area contributed by atoms with Crippen LogP contribution >= 0.6 is 7.82 Å². The summed E-state index contributed by atoms with van der Waals surface area (Å²) >= 11 is 0. The van der Waals surface area contributed by atoms with Crippen molar-refractivity contribution >= 4 is 19.8 Å². The summed E-state index contributed by atoms with van der Waals surface area (Å²) in [5.41, 5.74) is 0. The molecule has 3 unspecified atom stereocenters. The average molecular weight is 823 g/mol. The minimum atomic E-state index is -4.66. The van der Waals surface area contributed by atoms with Crippen LogP contribution in [-0.2, 0) is 32.7 Å². The lowest BCUT2D eigenvalue weighted by molar-refractivity contribution is -0.153. The zero-order valence-corrected chi connectivity index (χ0v) is 36.4. The van der Waals surface area contributed by atoms with Gasteiger partial charge in [0.25, 0.3) is 0 Å². The molecular formula is C46H79O10P. The molecule has 0 aromatic carbocycles. The number of phosphoric acid groups is 1. The number of phosphoric ester groups is 1. The number of hydrogen-bond acceptors (Lipinski definition) is 9. The second kappa shape index (κ2) is 41.6. The number of unbranched alkanes of at least 4 members (excludes halogenated alkanes) is 14. The van der Waals surface area contributed by atoms with Crippen molar-refractivity contribution in [3.63, 3.8) is 0 Å². The van der Waals surface area contributed by atoms with E-state index in [1.807, 2.05) is 18.2 Å². The fourth-order valence-corrected chi connectivity index (χ4v) is 6.35. The highest BCUT2D eigenvalue weighted by Gasteiger charge is 2.27. The minimum Gasteiger partial charge on any atom is -0.457 e. The zero-order valence-electron chi connectivity index (χ0n) is 35.5. The van der Waals surface area contributed by atoms with E-state index in [1.54, 1.807) is 0 Å². The van der Waals surface area contributed by atoms with E-state index in [0.717, 1.165) is 57.8 Å². The van der Waals surface area contributed by atoms with Gasteiger partial charge in [-0.1, -0.05) is 157 Å². The third-order valence-electron chi connectivity index (χ3n) is 8.92. The summed E-state index contributed by atoms with van der Waals surface area (Å²) in [7, 11) is -4.66. The van der Waals surface area contributed by atoms with Crippen molar-refractivity contribution in [1.29, 1.82) is 0 Å². The van der Waals surface area contributed by atoms with E-state index in [4.69, 9.17) is 18.5 Å². The molecule has 0 aliphatic heterocycles. The van der Waals surface area contributed by atoms with Gasteiger partial charge in [-0.15, -0.1) is 0 Å². The number of carbonyl (C=O) groups is 2. The van der Waals surface area contributed by atoms with E-state index in [0.29, 0.717) is 12.8 Å². The van der Waals surface area contributed by atoms with Gasteiger partial charge < -0.3 is 24.6 Å². The summed E-state index contributed by atoms with van der Waals surface area (Å²) in [6.45, 7) is 1.98. The molecule has 0 aromatic heterocycles. The van der Waals surface area contributed by atoms with Crippen LogP contribution in [0, 0.1) is 0 Å². The van der Waals surface area contributed by atoms with Gasteiger partial charge in [0.2, 0.25) is 0 Å². The summed E-state index contributed by atoms with van der Waals surface area (Å²) in [4.78, 5) is 34.5. The molecule has 0 heterocycles. The number of allylic oxidation sites excluding steroid dienone is 12. The lowest BCUT2D eigenvalue weighted by Crippen LogP contribution is -2.28. The molecule has 57 heavy (non-hydrogen) atoms. The Morgan fingerprint density at radius 1 is 0.491 bits per heavy atom. The molecule has 0 spiro atoms. The number of carbonyl (C=O) groups excluding carboxylic acids is 2. The number of hydrogen-bond donors (Lipinski definition) is 3. The maximum atomic E-state index is 12.3. The first-order valence-corrected chi connectivity index (χ1v) is 23.4. The third kappa shape index (κ3) is 40.0. The van der Waals surface area contributed by atoms with E-state index < -0.39 is 58.4 Å². The second-order valence-corrected chi connectivity index (χ2v) is 15.7. The molecule has 0 fully saturated rings. The van der Waals surface area contributed by atoms with Crippen LogP contribution in [0.2, 0.25) is 0 Å². The van der Waals surface area contributed by atoms with E-state index in [9.17, 15) is 29.3 Å². The molecule has 10 nitrogen and oxygen atoms in total. The van der Waals surface area contributed by atoms with Crippen molar-refractivity contribution in [2.24, 2.45) is 0 Å². The lowest BCUT2D eigenvalue weighted by atomic mass is 10.1. The van der Waals surface area contributed by atoms with Gasteiger partial charge >= 0.3 is 19.8 Å². The fraction of sp³-hybridized carbons (Fsp3) is 0.696. The maximum Gasteiger partial charge on any atom is 0.472 e. The van der Waals surface area contributed by atoms with E-state index in [1.165, 1.54) is 70.6 Å². The predicted molar refractivity (Wildman–Crippen MR) is 233 cm³/mol. The van der Waals surface area contributed by atoms with Crippen molar-refractivity contribution in [3.8, 4) is 0 Å². The maximum absolute atomic E-state index is 12.3. The number of aliphatic hydroxyl groups excluding tert-OH is 2. The molecule has 0 rings (SSSR count). The van der Waals surface area contributed by atoms with Gasteiger partial charge in [0, 0.05) is 12.8 Å². The van der Waals surface area contributed by atoms with E-state index in [-0.39, 0.29) is 12.8 Å². The number of rotatable bonds is 40. The smallest absolute Gasteiger partial charge is 0.457 e. The van der Waals surface area contributed by atoms with Gasteiger partial charge in [-0.25, -0.2) is 4.57 Å². The van der Waals surface area contributed by atoms with Crippen LogP contribution in [0.1, 0.15) is 168 Å². The van der Waals surface area contributed by atoms with Gasteiger partial charge in [-0.2, -0.15) is 0 Å². The van der Waals surface area contributed by atoms with Gasteiger partial charge in [0.1, 0.15) is 12.2 Å². The first-order chi connectivity index (χ1) is 27.8. The van der Waals surface area contributed by atoms with Crippen LogP contribution < -0.4 is 0 Å². The molecule has 11 heteroatoms.